The number of hydrogen-bond acceptors (Lipinski definition) is 3. The number of carbonyl (C=O) groups excluding carboxylic acids is 1. The van der Waals surface area contributed by atoms with Crippen LogP contribution in [0.2, 0.25) is 0 Å². The van der Waals surface area contributed by atoms with E-state index in [2.05, 4.69) is 0 Å². The fourth-order valence-corrected chi connectivity index (χ4v) is 2.36. The average molecular weight is 266 g/mol. The minimum atomic E-state index is -0.365. The van der Waals surface area contributed by atoms with Crippen molar-refractivity contribution in [2.45, 2.75) is 25.3 Å². The molecular weight excluding hydrogens is 247 g/mol. The van der Waals surface area contributed by atoms with Gasteiger partial charge in [0.15, 0.2) is 0 Å². The summed E-state index contributed by atoms with van der Waals surface area (Å²) in [5.74, 6) is -0.442. The van der Waals surface area contributed by atoms with Crippen LogP contribution >= 0.6 is 0 Å². The topological polar surface area (TPSA) is 55.6 Å². The largest absolute Gasteiger partial charge is 0.449 e. The molecule has 4 nitrogen and oxygen atoms in total. The zero-order chi connectivity index (χ0) is 13.8. The van der Waals surface area contributed by atoms with Crippen molar-refractivity contribution in [2.24, 2.45) is 5.73 Å². The molecule has 19 heavy (non-hydrogen) atoms. The highest BCUT2D eigenvalue weighted by molar-refractivity contribution is 5.68. The van der Waals surface area contributed by atoms with Gasteiger partial charge in [0, 0.05) is 25.0 Å². The molecule has 1 aromatic carbocycles. The number of rotatable bonds is 3. The number of hydrogen-bond donors (Lipinski definition) is 1. The van der Waals surface area contributed by atoms with Crippen molar-refractivity contribution in [1.82, 2.24) is 4.90 Å². The van der Waals surface area contributed by atoms with Crippen molar-refractivity contribution >= 4 is 6.09 Å². The Morgan fingerprint density at radius 2 is 2.21 bits per heavy atom. The molecule has 1 fully saturated rings. The molecule has 5 heteroatoms. The summed E-state index contributed by atoms with van der Waals surface area (Å²) >= 11 is 0. The van der Waals surface area contributed by atoms with Crippen molar-refractivity contribution in [2.75, 3.05) is 19.7 Å². The van der Waals surface area contributed by atoms with Gasteiger partial charge in [-0.15, -0.1) is 0 Å². The number of benzene rings is 1. The maximum Gasteiger partial charge on any atom is 0.409 e. The van der Waals surface area contributed by atoms with Gasteiger partial charge in [-0.2, -0.15) is 0 Å². The molecule has 2 rings (SSSR count). The fraction of sp³-hybridized carbons (Fsp3) is 0.500. The van der Waals surface area contributed by atoms with Gasteiger partial charge in [-0.25, -0.2) is 9.18 Å². The summed E-state index contributed by atoms with van der Waals surface area (Å²) in [6.07, 6.45) is 0.415. The minimum absolute atomic E-state index is 0.171. The lowest BCUT2D eigenvalue weighted by molar-refractivity contribution is 0.110. The van der Waals surface area contributed by atoms with Crippen molar-refractivity contribution < 1.29 is 13.9 Å². The summed E-state index contributed by atoms with van der Waals surface area (Å²) in [5, 5.41) is 0. The molecule has 1 aromatic rings. The van der Waals surface area contributed by atoms with E-state index in [0.717, 1.165) is 6.42 Å². The number of amides is 1. The number of likely N-dealkylation sites (tertiary alicyclic amines) is 1. The monoisotopic (exact) mass is 266 g/mol. The first-order valence-electron chi connectivity index (χ1n) is 6.55. The Balaban J connectivity index is 2.06. The van der Waals surface area contributed by atoms with Crippen LogP contribution in [-0.4, -0.2) is 36.7 Å². The lowest BCUT2D eigenvalue weighted by atomic mass is 9.94. The third-order valence-corrected chi connectivity index (χ3v) is 3.36. The third kappa shape index (κ3) is 3.04. The van der Waals surface area contributed by atoms with Crippen molar-refractivity contribution in [3.8, 4) is 0 Å². The van der Waals surface area contributed by atoms with Gasteiger partial charge >= 0.3 is 6.09 Å². The van der Waals surface area contributed by atoms with Crippen LogP contribution in [0, 0.1) is 5.82 Å². The standard InChI is InChI=1S/C14H19FN2O2/c1-2-7-19-14(18)17-8-11(13(16)9-17)10-5-3-4-6-12(10)15/h3-6,11,13H,2,7-9,16H2,1H3/t11-,13+/m0/s1. The zero-order valence-corrected chi connectivity index (χ0v) is 11.0. The maximum absolute atomic E-state index is 13.8. The fourth-order valence-electron chi connectivity index (χ4n) is 2.36. The Morgan fingerprint density at radius 3 is 2.89 bits per heavy atom. The van der Waals surface area contributed by atoms with E-state index >= 15 is 0 Å². The summed E-state index contributed by atoms with van der Waals surface area (Å²) in [5.41, 5.74) is 6.59. The molecule has 0 radical (unpaired) electrons. The molecule has 104 valence electrons. The smallest absolute Gasteiger partial charge is 0.409 e. The molecule has 0 bridgehead atoms. The van der Waals surface area contributed by atoms with E-state index in [9.17, 15) is 9.18 Å². The first kappa shape index (κ1) is 13.8. The molecule has 1 heterocycles. The normalized spacial score (nSPS) is 22.6. The second kappa shape index (κ2) is 6.02. The van der Waals surface area contributed by atoms with E-state index in [-0.39, 0.29) is 23.9 Å². The second-order valence-corrected chi connectivity index (χ2v) is 4.81. The summed E-state index contributed by atoms with van der Waals surface area (Å²) in [6.45, 7) is 3.15. The van der Waals surface area contributed by atoms with Crippen LogP contribution in [0.15, 0.2) is 24.3 Å². The molecule has 1 aliphatic rings. The van der Waals surface area contributed by atoms with E-state index in [4.69, 9.17) is 10.5 Å². The van der Waals surface area contributed by atoms with Crippen LogP contribution in [-0.2, 0) is 4.74 Å². The van der Waals surface area contributed by atoms with Crippen LogP contribution in [0.25, 0.3) is 0 Å². The second-order valence-electron chi connectivity index (χ2n) is 4.81. The number of nitrogens with two attached hydrogens (primary N) is 1. The predicted octanol–water partition coefficient (Wildman–Crippen LogP) is 2.10. The number of halogens is 1. The van der Waals surface area contributed by atoms with Gasteiger partial charge in [0.25, 0.3) is 0 Å². The van der Waals surface area contributed by atoms with Gasteiger partial charge in [-0.1, -0.05) is 25.1 Å². The van der Waals surface area contributed by atoms with Gasteiger partial charge in [-0.05, 0) is 18.1 Å². The molecule has 2 atom stereocenters. The molecule has 1 aliphatic heterocycles. The van der Waals surface area contributed by atoms with Crippen LogP contribution < -0.4 is 5.73 Å². The Morgan fingerprint density at radius 1 is 1.47 bits per heavy atom. The first-order valence-corrected chi connectivity index (χ1v) is 6.55. The Bertz CT molecular complexity index is 453. The summed E-state index contributed by atoms with van der Waals surface area (Å²) in [6, 6.07) is 6.31. The number of carbonyl (C=O) groups is 1. The van der Waals surface area contributed by atoms with Gasteiger partial charge in [0.1, 0.15) is 5.82 Å². The number of nitrogens with zero attached hydrogens (tertiary/aromatic N) is 1. The van der Waals surface area contributed by atoms with E-state index in [1.165, 1.54) is 6.07 Å². The average Bonchev–Trinajstić information content (AvgIpc) is 2.78. The zero-order valence-electron chi connectivity index (χ0n) is 11.0. The highest BCUT2D eigenvalue weighted by Gasteiger charge is 2.35. The SMILES string of the molecule is CCCOC(=O)N1C[C@@H](N)[C@H](c2ccccc2F)C1. The summed E-state index contributed by atoms with van der Waals surface area (Å²) in [4.78, 5) is 13.3. The Labute approximate surface area is 112 Å². The highest BCUT2D eigenvalue weighted by Crippen LogP contribution is 2.28. The summed E-state index contributed by atoms with van der Waals surface area (Å²) in [7, 11) is 0. The Kier molecular flexibility index (Phi) is 4.37. The van der Waals surface area contributed by atoms with Crippen molar-refractivity contribution in [3.05, 3.63) is 35.6 Å². The molecule has 0 aromatic heterocycles. The van der Waals surface area contributed by atoms with Gasteiger partial charge in [0.05, 0.1) is 6.61 Å². The molecule has 1 amide bonds. The van der Waals surface area contributed by atoms with Crippen LogP contribution in [0.3, 0.4) is 0 Å². The quantitative estimate of drug-likeness (QED) is 0.911. The van der Waals surface area contributed by atoms with Crippen LogP contribution in [0.5, 0.6) is 0 Å². The highest BCUT2D eigenvalue weighted by atomic mass is 19.1. The lowest BCUT2D eigenvalue weighted by Gasteiger charge is -2.16. The molecular formula is C14H19FN2O2. The third-order valence-electron chi connectivity index (χ3n) is 3.36. The van der Waals surface area contributed by atoms with Gasteiger partial charge in [-0.3, -0.25) is 0 Å². The van der Waals surface area contributed by atoms with Crippen molar-refractivity contribution in [3.63, 3.8) is 0 Å². The molecule has 0 spiro atoms. The lowest BCUT2D eigenvalue weighted by Crippen LogP contribution is -2.32. The van der Waals surface area contributed by atoms with Gasteiger partial charge < -0.3 is 15.4 Å². The Hall–Kier alpha value is -1.62. The molecule has 0 unspecified atom stereocenters. The summed E-state index contributed by atoms with van der Waals surface area (Å²) < 4.78 is 18.8. The van der Waals surface area contributed by atoms with Crippen LogP contribution in [0.4, 0.5) is 9.18 Å². The van der Waals surface area contributed by atoms with E-state index in [1.807, 2.05) is 6.92 Å². The molecule has 0 aliphatic carbocycles. The van der Waals surface area contributed by atoms with E-state index < -0.39 is 0 Å². The first-order chi connectivity index (χ1) is 9.13. The van der Waals surface area contributed by atoms with Crippen molar-refractivity contribution in [1.29, 1.82) is 0 Å². The molecule has 0 saturated carbocycles. The predicted molar refractivity (Wildman–Crippen MR) is 70.3 cm³/mol. The van der Waals surface area contributed by atoms with E-state index in [1.54, 1.807) is 23.1 Å². The number of ether oxygens (including phenoxy) is 1. The van der Waals surface area contributed by atoms with Crippen LogP contribution in [0.1, 0.15) is 24.8 Å². The van der Waals surface area contributed by atoms with Gasteiger partial charge in [0.2, 0.25) is 0 Å². The molecule has 1 saturated heterocycles. The molecule has 2 N–H and O–H groups in total. The minimum Gasteiger partial charge on any atom is -0.449 e. The van der Waals surface area contributed by atoms with E-state index in [0.29, 0.717) is 25.3 Å². The maximum atomic E-state index is 13.8.